The SMILES string of the molecule is Cc1ccccc1-n1c(SC(C(=O)N2CCCC(C(N)=O)C2)C(C)C)nc2cc(Cl)ccc2c1=O. The first-order chi connectivity index (χ1) is 16.7. The van der Waals surface area contributed by atoms with Crippen LogP contribution in [-0.2, 0) is 9.59 Å². The minimum absolute atomic E-state index is 0.0428. The monoisotopic (exact) mass is 512 g/mol. The summed E-state index contributed by atoms with van der Waals surface area (Å²) in [6.07, 6.45) is 1.42. The fraction of sp³-hybridized carbons (Fsp3) is 0.385. The van der Waals surface area contributed by atoms with Crippen LogP contribution in [0.4, 0.5) is 0 Å². The first-order valence-corrected chi connectivity index (χ1v) is 13.0. The van der Waals surface area contributed by atoms with Gasteiger partial charge in [0.15, 0.2) is 5.16 Å². The molecule has 1 saturated heterocycles. The number of hydrogen-bond acceptors (Lipinski definition) is 5. The number of carbonyl (C=O) groups is 2. The Morgan fingerprint density at radius 2 is 1.94 bits per heavy atom. The van der Waals surface area contributed by atoms with Gasteiger partial charge in [-0.05, 0) is 55.5 Å². The van der Waals surface area contributed by atoms with E-state index in [0.717, 1.165) is 12.0 Å². The van der Waals surface area contributed by atoms with Gasteiger partial charge in [0, 0.05) is 18.1 Å². The van der Waals surface area contributed by atoms with Gasteiger partial charge in [-0.2, -0.15) is 0 Å². The van der Waals surface area contributed by atoms with Crippen molar-refractivity contribution in [2.45, 2.75) is 44.0 Å². The van der Waals surface area contributed by atoms with E-state index in [1.807, 2.05) is 45.0 Å². The number of nitrogens with two attached hydrogens (primary N) is 1. The number of piperidine rings is 1. The predicted molar refractivity (Wildman–Crippen MR) is 140 cm³/mol. The van der Waals surface area contributed by atoms with Gasteiger partial charge < -0.3 is 10.6 Å². The number of fused-ring (bicyclic) bond motifs is 1. The molecule has 184 valence electrons. The molecule has 7 nitrogen and oxygen atoms in total. The van der Waals surface area contributed by atoms with Gasteiger partial charge in [-0.1, -0.05) is 55.4 Å². The normalized spacial score (nSPS) is 17.1. The smallest absolute Gasteiger partial charge is 0.266 e. The number of aromatic nitrogens is 2. The van der Waals surface area contributed by atoms with Crippen molar-refractivity contribution in [1.82, 2.24) is 14.5 Å². The third-order valence-corrected chi connectivity index (χ3v) is 8.09. The molecule has 0 aliphatic carbocycles. The molecule has 3 aromatic rings. The Morgan fingerprint density at radius 3 is 2.63 bits per heavy atom. The molecule has 0 bridgehead atoms. The number of benzene rings is 2. The van der Waals surface area contributed by atoms with Crippen molar-refractivity contribution in [3.8, 4) is 5.69 Å². The number of carbonyl (C=O) groups excluding carboxylic acids is 2. The summed E-state index contributed by atoms with van der Waals surface area (Å²) >= 11 is 7.47. The highest BCUT2D eigenvalue weighted by atomic mass is 35.5. The first kappa shape index (κ1) is 25.3. The van der Waals surface area contributed by atoms with Crippen LogP contribution in [0.1, 0.15) is 32.3 Å². The zero-order valence-electron chi connectivity index (χ0n) is 20.0. The lowest BCUT2D eigenvalue weighted by atomic mass is 9.96. The number of thioether (sulfide) groups is 1. The standard InChI is InChI=1S/C26H29ClN4O3S/c1-15(2)22(25(34)30-12-6-8-17(14-30)23(28)32)35-26-29-20-13-18(27)10-11-19(20)24(33)31(26)21-9-5-4-7-16(21)3/h4-5,7,9-11,13,15,17,22H,6,8,12,14H2,1-3H3,(H2,28,32). The number of likely N-dealkylation sites (tertiary alicyclic amines) is 1. The third kappa shape index (κ3) is 5.23. The lowest BCUT2D eigenvalue weighted by molar-refractivity contribution is -0.135. The van der Waals surface area contributed by atoms with Crippen LogP contribution in [-0.4, -0.2) is 44.6 Å². The van der Waals surface area contributed by atoms with Crippen molar-refractivity contribution < 1.29 is 9.59 Å². The molecular weight excluding hydrogens is 484 g/mol. The van der Waals surface area contributed by atoms with Gasteiger partial charge in [-0.25, -0.2) is 4.98 Å². The maximum absolute atomic E-state index is 13.7. The molecule has 1 aromatic heterocycles. The Labute approximate surface area is 213 Å². The summed E-state index contributed by atoms with van der Waals surface area (Å²) in [5.74, 6) is -0.833. The lowest BCUT2D eigenvalue weighted by Crippen LogP contribution is -2.48. The van der Waals surface area contributed by atoms with Crippen molar-refractivity contribution in [3.05, 3.63) is 63.4 Å². The molecule has 4 rings (SSSR count). The highest BCUT2D eigenvalue weighted by Crippen LogP contribution is 2.32. The number of rotatable bonds is 6. The molecule has 0 spiro atoms. The Hall–Kier alpha value is -2.84. The van der Waals surface area contributed by atoms with Crippen molar-refractivity contribution in [3.63, 3.8) is 0 Å². The van der Waals surface area contributed by atoms with E-state index in [1.54, 1.807) is 27.7 Å². The maximum Gasteiger partial charge on any atom is 0.266 e. The molecule has 1 aliphatic rings. The average Bonchev–Trinajstić information content (AvgIpc) is 2.82. The van der Waals surface area contributed by atoms with Gasteiger partial charge in [0.2, 0.25) is 11.8 Å². The second-order valence-corrected chi connectivity index (χ2v) is 10.8. The molecule has 2 amide bonds. The van der Waals surface area contributed by atoms with Gasteiger partial charge in [0.25, 0.3) is 5.56 Å². The number of para-hydroxylation sites is 1. The lowest BCUT2D eigenvalue weighted by Gasteiger charge is -2.34. The van der Waals surface area contributed by atoms with Gasteiger partial charge >= 0.3 is 0 Å². The predicted octanol–water partition coefficient (Wildman–Crippen LogP) is 4.19. The summed E-state index contributed by atoms with van der Waals surface area (Å²) in [5.41, 5.74) is 7.42. The number of aryl methyl sites for hydroxylation is 1. The second kappa shape index (κ2) is 10.4. The van der Waals surface area contributed by atoms with Crippen LogP contribution < -0.4 is 11.3 Å². The molecule has 0 radical (unpaired) electrons. The van der Waals surface area contributed by atoms with Crippen molar-refractivity contribution in [2.75, 3.05) is 13.1 Å². The fourth-order valence-electron chi connectivity index (χ4n) is 4.42. The molecule has 2 heterocycles. The minimum atomic E-state index is -0.500. The van der Waals surface area contributed by atoms with E-state index in [9.17, 15) is 14.4 Å². The maximum atomic E-state index is 13.7. The van der Waals surface area contributed by atoms with E-state index in [0.29, 0.717) is 46.3 Å². The molecular formula is C26H29ClN4O3S. The number of nitrogens with zero attached hydrogens (tertiary/aromatic N) is 3. The van der Waals surface area contributed by atoms with Crippen molar-refractivity contribution in [2.24, 2.45) is 17.6 Å². The van der Waals surface area contributed by atoms with Gasteiger partial charge in [-0.15, -0.1) is 0 Å². The molecule has 2 atom stereocenters. The van der Waals surface area contributed by atoms with Gasteiger partial charge in [0.05, 0.1) is 27.8 Å². The number of halogens is 1. The molecule has 1 fully saturated rings. The summed E-state index contributed by atoms with van der Waals surface area (Å²) in [6, 6.07) is 12.6. The molecule has 2 N–H and O–H groups in total. The highest BCUT2D eigenvalue weighted by molar-refractivity contribution is 8.00. The van der Waals surface area contributed by atoms with E-state index < -0.39 is 5.25 Å². The first-order valence-electron chi connectivity index (χ1n) is 11.7. The Kier molecular flexibility index (Phi) is 7.52. The van der Waals surface area contributed by atoms with E-state index in [2.05, 4.69) is 0 Å². The van der Waals surface area contributed by atoms with Crippen molar-refractivity contribution in [1.29, 1.82) is 0 Å². The van der Waals surface area contributed by atoms with E-state index >= 15 is 0 Å². The highest BCUT2D eigenvalue weighted by Gasteiger charge is 2.34. The molecule has 9 heteroatoms. The van der Waals surface area contributed by atoms with Crippen LogP contribution in [0.3, 0.4) is 0 Å². The Morgan fingerprint density at radius 1 is 1.20 bits per heavy atom. The van der Waals surface area contributed by atoms with Crippen LogP contribution in [0.2, 0.25) is 5.02 Å². The van der Waals surface area contributed by atoms with Crippen LogP contribution in [0.25, 0.3) is 16.6 Å². The zero-order valence-corrected chi connectivity index (χ0v) is 21.6. The Bertz CT molecular complexity index is 1340. The molecule has 2 unspecified atom stereocenters. The number of amides is 2. The largest absolute Gasteiger partial charge is 0.369 e. The molecule has 2 aromatic carbocycles. The van der Waals surface area contributed by atoms with Crippen LogP contribution in [0.15, 0.2) is 52.4 Å². The summed E-state index contributed by atoms with van der Waals surface area (Å²) in [7, 11) is 0. The quantitative estimate of drug-likeness (QED) is 0.394. The fourth-order valence-corrected chi connectivity index (χ4v) is 5.77. The van der Waals surface area contributed by atoms with Crippen LogP contribution >= 0.6 is 23.4 Å². The Balaban J connectivity index is 1.80. The van der Waals surface area contributed by atoms with Crippen LogP contribution in [0.5, 0.6) is 0 Å². The topological polar surface area (TPSA) is 98.3 Å². The number of primary amides is 1. The summed E-state index contributed by atoms with van der Waals surface area (Å²) < 4.78 is 1.58. The summed E-state index contributed by atoms with van der Waals surface area (Å²) in [5, 5.41) is 0.862. The summed E-state index contributed by atoms with van der Waals surface area (Å²) in [4.78, 5) is 45.6. The average molecular weight is 513 g/mol. The molecule has 35 heavy (non-hydrogen) atoms. The zero-order chi connectivity index (χ0) is 25.3. The van der Waals surface area contributed by atoms with E-state index in [1.165, 1.54) is 11.8 Å². The minimum Gasteiger partial charge on any atom is -0.369 e. The van der Waals surface area contributed by atoms with Gasteiger partial charge in [0.1, 0.15) is 0 Å². The second-order valence-electron chi connectivity index (χ2n) is 9.29. The van der Waals surface area contributed by atoms with Crippen molar-refractivity contribution >= 4 is 46.1 Å². The molecule has 1 aliphatic heterocycles. The van der Waals surface area contributed by atoms with Gasteiger partial charge in [-0.3, -0.25) is 19.0 Å². The van der Waals surface area contributed by atoms with E-state index in [4.69, 9.17) is 22.3 Å². The summed E-state index contributed by atoms with van der Waals surface area (Å²) in [6.45, 7) is 6.78. The third-order valence-electron chi connectivity index (χ3n) is 6.37. The van der Waals surface area contributed by atoms with Crippen LogP contribution in [0, 0.1) is 18.8 Å². The number of hydrogen-bond donors (Lipinski definition) is 1. The molecule has 0 saturated carbocycles. The van der Waals surface area contributed by atoms with E-state index in [-0.39, 0.29) is 29.2 Å².